The highest BCUT2D eigenvalue weighted by Crippen LogP contribution is 2.36. The highest BCUT2D eigenvalue weighted by molar-refractivity contribution is 5.97. The molecule has 1 heterocycles. The number of rotatable bonds is 2. The molecule has 0 saturated heterocycles. The number of nitrogens with zero attached hydrogens (tertiary/aromatic N) is 1. The van der Waals surface area contributed by atoms with Crippen LogP contribution in [0.3, 0.4) is 0 Å². The zero-order valence-electron chi connectivity index (χ0n) is 12.1. The Morgan fingerprint density at radius 1 is 1.24 bits per heavy atom. The monoisotopic (exact) mass is 282 g/mol. The summed E-state index contributed by atoms with van der Waals surface area (Å²) in [6, 6.07) is 13.3. The molecule has 4 heteroatoms. The summed E-state index contributed by atoms with van der Waals surface area (Å²) in [5.74, 6) is 0.343. The van der Waals surface area contributed by atoms with E-state index < -0.39 is 0 Å². The van der Waals surface area contributed by atoms with Gasteiger partial charge in [0, 0.05) is 24.5 Å². The van der Waals surface area contributed by atoms with Gasteiger partial charge in [-0.25, -0.2) is 0 Å². The molecule has 0 radical (unpaired) electrons. The van der Waals surface area contributed by atoms with Gasteiger partial charge in [-0.1, -0.05) is 24.3 Å². The summed E-state index contributed by atoms with van der Waals surface area (Å²) in [6.45, 7) is 1.85. The van der Waals surface area contributed by atoms with Gasteiger partial charge in [0.1, 0.15) is 5.75 Å². The van der Waals surface area contributed by atoms with Crippen molar-refractivity contribution in [2.75, 3.05) is 17.3 Å². The molecule has 1 atom stereocenters. The molecule has 0 aromatic heterocycles. The predicted octanol–water partition coefficient (Wildman–Crippen LogP) is 3.22. The number of anilines is 2. The number of phenols is 1. The van der Waals surface area contributed by atoms with E-state index in [0.717, 1.165) is 22.5 Å². The summed E-state index contributed by atoms with van der Waals surface area (Å²) in [5.41, 5.74) is 3.68. The number of amides is 1. The van der Waals surface area contributed by atoms with E-state index in [0.29, 0.717) is 6.42 Å². The number of hydrogen-bond acceptors (Lipinski definition) is 3. The molecule has 2 aromatic rings. The first-order valence-corrected chi connectivity index (χ1v) is 6.98. The Bertz CT molecular complexity index is 697. The molecule has 2 aromatic carbocycles. The van der Waals surface area contributed by atoms with Crippen molar-refractivity contribution in [2.24, 2.45) is 0 Å². The fourth-order valence-corrected chi connectivity index (χ4v) is 2.67. The minimum absolute atomic E-state index is 0.0768. The lowest BCUT2D eigenvalue weighted by Crippen LogP contribution is -2.35. The Balaban J connectivity index is 1.93. The standard InChI is InChI=1S/C17H18N2O2/c1-11-7-8-12(9-16(11)20)18-14-10-17(21)19(2)15-6-4-3-5-13(14)15/h3-9,14,18,20H,10H2,1-2H3. The van der Waals surface area contributed by atoms with Crippen LogP contribution in [0, 0.1) is 6.92 Å². The lowest BCUT2D eigenvalue weighted by atomic mass is 9.96. The van der Waals surface area contributed by atoms with Crippen LogP contribution in [0.4, 0.5) is 11.4 Å². The normalized spacial score (nSPS) is 17.5. The molecule has 4 nitrogen and oxygen atoms in total. The first-order chi connectivity index (χ1) is 10.1. The molecule has 0 fully saturated rings. The van der Waals surface area contributed by atoms with Gasteiger partial charge in [-0.3, -0.25) is 4.79 Å². The number of carbonyl (C=O) groups is 1. The Kier molecular flexibility index (Phi) is 3.29. The first kappa shape index (κ1) is 13.5. The van der Waals surface area contributed by atoms with Gasteiger partial charge in [0.25, 0.3) is 0 Å². The van der Waals surface area contributed by atoms with E-state index >= 15 is 0 Å². The number of benzene rings is 2. The Hall–Kier alpha value is -2.49. The van der Waals surface area contributed by atoms with Crippen molar-refractivity contribution in [3.63, 3.8) is 0 Å². The minimum Gasteiger partial charge on any atom is -0.508 e. The van der Waals surface area contributed by atoms with Gasteiger partial charge in [0.2, 0.25) is 5.91 Å². The van der Waals surface area contributed by atoms with Crippen molar-refractivity contribution >= 4 is 17.3 Å². The Morgan fingerprint density at radius 2 is 2.00 bits per heavy atom. The van der Waals surface area contributed by atoms with Gasteiger partial charge < -0.3 is 15.3 Å². The molecule has 0 saturated carbocycles. The molecule has 2 N–H and O–H groups in total. The fourth-order valence-electron chi connectivity index (χ4n) is 2.67. The van der Waals surface area contributed by atoms with Crippen LogP contribution in [0.5, 0.6) is 5.75 Å². The van der Waals surface area contributed by atoms with E-state index in [1.165, 1.54) is 0 Å². The van der Waals surface area contributed by atoms with Crippen LogP contribution in [-0.4, -0.2) is 18.1 Å². The largest absolute Gasteiger partial charge is 0.508 e. The topological polar surface area (TPSA) is 52.6 Å². The lowest BCUT2D eigenvalue weighted by molar-refractivity contribution is -0.118. The highest BCUT2D eigenvalue weighted by Gasteiger charge is 2.28. The molecule has 1 unspecified atom stereocenters. The van der Waals surface area contributed by atoms with E-state index in [2.05, 4.69) is 5.32 Å². The zero-order valence-corrected chi connectivity index (χ0v) is 12.1. The number of para-hydroxylation sites is 1. The Morgan fingerprint density at radius 3 is 2.76 bits per heavy atom. The maximum atomic E-state index is 12.1. The van der Waals surface area contributed by atoms with E-state index in [9.17, 15) is 9.90 Å². The molecule has 1 amide bonds. The smallest absolute Gasteiger partial charge is 0.229 e. The van der Waals surface area contributed by atoms with Crippen LogP contribution in [0.15, 0.2) is 42.5 Å². The summed E-state index contributed by atoms with van der Waals surface area (Å²) in [6.07, 6.45) is 0.405. The van der Waals surface area contributed by atoms with Crippen LogP contribution >= 0.6 is 0 Å². The maximum absolute atomic E-state index is 12.1. The van der Waals surface area contributed by atoms with Crippen LogP contribution in [0.1, 0.15) is 23.6 Å². The Labute approximate surface area is 124 Å². The summed E-state index contributed by atoms with van der Waals surface area (Å²) in [4.78, 5) is 13.8. The number of hydrogen-bond donors (Lipinski definition) is 2. The molecule has 3 rings (SSSR count). The van der Waals surface area contributed by atoms with Gasteiger partial charge >= 0.3 is 0 Å². The maximum Gasteiger partial charge on any atom is 0.229 e. The molecule has 0 bridgehead atoms. The van der Waals surface area contributed by atoms with Crippen LogP contribution in [-0.2, 0) is 4.79 Å². The summed E-state index contributed by atoms with van der Waals surface area (Å²) in [5, 5.41) is 13.2. The minimum atomic E-state index is -0.0768. The third kappa shape index (κ3) is 2.44. The SMILES string of the molecule is Cc1ccc(NC2CC(=O)N(C)c3ccccc32)cc1O. The van der Waals surface area contributed by atoms with Crippen LogP contribution in [0.25, 0.3) is 0 Å². The number of phenolic OH excluding ortho intramolecular Hbond substituents is 1. The molecule has 1 aliphatic heterocycles. The second-order valence-corrected chi connectivity index (χ2v) is 5.41. The van der Waals surface area contributed by atoms with Gasteiger partial charge in [0.15, 0.2) is 0 Å². The van der Waals surface area contributed by atoms with E-state index in [4.69, 9.17) is 0 Å². The molecular formula is C17H18N2O2. The molecular weight excluding hydrogens is 264 g/mol. The third-order valence-corrected chi connectivity index (χ3v) is 3.98. The van der Waals surface area contributed by atoms with Crippen molar-refractivity contribution in [3.05, 3.63) is 53.6 Å². The summed E-state index contributed by atoms with van der Waals surface area (Å²) >= 11 is 0. The number of nitrogens with one attached hydrogen (secondary N) is 1. The fraction of sp³-hybridized carbons (Fsp3) is 0.235. The van der Waals surface area contributed by atoms with E-state index in [1.807, 2.05) is 43.3 Å². The van der Waals surface area contributed by atoms with Crippen molar-refractivity contribution in [3.8, 4) is 5.75 Å². The summed E-state index contributed by atoms with van der Waals surface area (Å²) in [7, 11) is 1.80. The van der Waals surface area contributed by atoms with Crippen molar-refractivity contribution < 1.29 is 9.90 Å². The molecule has 0 aliphatic carbocycles. The number of fused-ring (bicyclic) bond motifs is 1. The summed E-state index contributed by atoms with van der Waals surface area (Å²) < 4.78 is 0. The zero-order chi connectivity index (χ0) is 15.0. The molecule has 108 valence electrons. The molecule has 1 aliphatic rings. The van der Waals surface area contributed by atoms with Crippen molar-refractivity contribution in [1.29, 1.82) is 0 Å². The highest BCUT2D eigenvalue weighted by atomic mass is 16.3. The van der Waals surface area contributed by atoms with Crippen LogP contribution < -0.4 is 10.2 Å². The van der Waals surface area contributed by atoms with Gasteiger partial charge in [-0.2, -0.15) is 0 Å². The third-order valence-electron chi connectivity index (χ3n) is 3.98. The quantitative estimate of drug-likeness (QED) is 0.889. The average molecular weight is 282 g/mol. The van der Waals surface area contributed by atoms with Crippen molar-refractivity contribution in [1.82, 2.24) is 0 Å². The predicted molar refractivity (Wildman–Crippen MR) is 83.7 cm³/mol. The molecule has 0 spiro atoms. The van der Waals surface area contributed by atoms with Crippen LogP contribution in [0.2, 0.25) is 0 Å². The second kappa shape index (κ2) is 5.13. The van der Waals surface area contributed by atoms with Gasteiger partial charge in [-0.05, 0) is 30.2 Å². The van der Waals surface area contributed by atoms with E-state index in [1.54, 1.807) is 18.0 Å². The number of carbonyl (C=O) groups excluding carboxylic acids is 1. The first-order valence-electron chi connectivity index (χ1n) is 6.98. The van der Waals surface area contributed by atoms with E-state index in [-0.39, 0.29) is 17.7 Å². The van der Waals surface area contributed by atoms with Gasteiger partial charge in [0.05, 0.1) is 12.5 Å². The van der Waals surface area contributed by atoms with Crippen molar-refractivity contribution in [2.45, 2.75) is 19.4 Å². The average Bonchev–Trinajstić information content (AvgIpc) is 2.48. The molecule has 21 heavy (non-hydrogen) atoms. The number of aromatic hydroxyl groups is 1. The second-order valence-electron chi connectivity index (χ2n) is 5.41. The lowest BCUT2D eigenvalue weighted by Gasteiger charge is -2.32. The number of aryl methyl sites for hydroxylation is 1. The van der Waals surface area contributed by atoms with Gasteiger partial charge in [-0.15, -0.1) is 0 Å².